The average Bonchev–Trinajstić information content (AvgIpc) is 2.72. The molecule has 2 fully saturated rings. The first-order chi connectivity index (χ1) is 15.0. The Bertz CT molecular complexity index is 967. The van der Waals surface area contributed by atoms with E-state index in [1.54, 1.807) is 17.6 Å². The Hall–Kier alpha value is -1.30. The van der Waals surface area contributed by atoms with Gasteiger partial charge in [-0.05, 0) is 49.3 Å². The molecule has 0 bridgehead atoms. The molecule has 2 saturated heterocycles. The molecule has 0 spiro atoms. The lowest BCUT2D eigenvalue weighted by Gasteiger charge is -2.40. The summed E-state index contributed by atoms with van der Waals surface area (Å²) in [4.78, 5) is 24.7. The summed E-state index contributed by atoms with van der Waals surface area (Å²) in [7, 11) is -3.86. The number of carbonyl (C=O) groups is 2. The van der Waals surface area contributed by atoms with Gasteiger partial charge in [-0.15, -0.1) is 0 Å². The van der Waals surface area contributed by atoms with E-state index in [0.29, 0.717) is 27.9 Å². The first-order valence-corrected chi connectivity index (χ1v) is 12.8. The molecule has 13 heteroatoms. The largest absolute Gasteiger partial charge is 0.465 e. The third-order valence-electron chi connectivity index (χ3n) is 6.33. The summed E-state index contributed by atoms with van der Waals surface area (Å²) in [6.07, 6.45) is -0.152. The van der Waals surface area contributed by atoms with Gasteiger partial charge in [0.2, 0.25) is 10.0 Å². The van der Waals surface area contributed by atoms with Gasteiger partial charge in [0.15, 0.2) is 0 Å². The van der Waals surface area contributed by atoms with E-state index in [4.69, 9.17) is 39.9 Å². The number of amides is 2. The van der Waals surface area contributed by atoms with Crippen molar-refractivity contribution in [2.75, 3.05) is 31.9 Å². The van der Waals surface area contributed by atoms with Crippen LogP contribution in [0.15, 0.2) is 12.1 Å². The van der Waals surface area contributed by atoms with Crippen LogP contribution in [0.4, 0.5) is 4.79 Å². The van der Waals surface area contributed by atoms with Gasteiger partial charge in [-0.2, -0.15) is 0 Å². The smallest absolute Gasteiger partial charge is 0.407 e. The minimum absolute atomic E-state index is 0.00260. The molecule has 0 atom stereocenters. The van der Waals surface area contributed by atoms with Gasteiger partial charge in [-0.1, -0.05) is 34.8 Å². The number of benzene rings is 1. The van der Waals surface area contributed by atoms with E-state index in [0.717, 1.165) is 10.5 Å². The standard InChI is InChI=1S/C19H24Cl3N3O6S/c20-13-9-14(21)16(15(22)10-13)12-1-5-25(6-2-12)32(30,31)11-19(17(26)23-29)3-7-24(8-4-19)18(27)28/h9-10,12,29H,1-8,11H2,(H,23,26)(H,27,28). The van der Waals surface area contributed by atoms with Crippen molar-refractivity contribution in [1.29, 1.82) is 0 Å². The second kappa shape index (κ2) is 9.90. The highest BCUT2D eigenvalue weighted by molar-refractivity contribution is 7.89. The van der Waals surface area contributed by atoms with Crippen LogP contribution in [0.3, 0.4) is 0 Å². The normalized spacial score (nSPS) is 20.2. The monoisotopic (exact) mass is 527 g/mol. The third kappa shape index (κ3) is 5.26. The van der Waals surface area contributed by atoms with Crippen molar-refractivity contribution in [3.63, 3.8) is 0 Å². The fraction of sp³-hybridized carbons (Fsp3) is 0.579. The molecular weight excluding hydrogens is 505 g/mol. The van der Waals surface area contributed by atoms with Crippen LogP contribution in [0.2, 0.25) is 15.1 Å². The summed E-state index contributed by atoms with van der Waals surface area (Å²) in [5.74, 6) is -1.36. The molecule has 0 saturated carbocycles. The number of hydrogen-bond donors (Lipinski definition) is 3. The van der Waals surface area contributed by atoms with E-state index in [9.17, 15) is 23.2 Å². The quantitative estimate of drug-likeness (QED) is 0.397. The molecule has 9 nitrogen and oxygen atoms in total. The summed E-state index contributed by atoms with van der Waals surface area (Å²) in [5.41, 5.74) is 0.902. The number of hydroxylamine groups is 1. The number of nitrogens with zero attached hydrogens (tertiary/aromatic N) is 2. The van der Waals surface area contributed by atoms with Crippen LogP contribution in [-0.2, 0) is 14.8 Å². The van der Waals surface area contributed by atoms with Gasteiger partial charge in [0.25, 0.3) is 5.91 Å². The molecule has 3 N–H and O–H groups in total. The summed E-state index contributed by atoms with van der Waals surface area (Å²) >= 11 is 18.6. The Balaban J connectivity index is 1.72. The van der Waals surface area contributed by atoms with Crippen LogP contribution in [0, 0.1) is 5.41 Å². The van der Waals surface area contributed by atoms with Gasteiger partial charge < -0.3 is 10.0 Å². The van der Waals surface area contributed by atoms with Gasteiger partial charge in [0.1, 0.15) is 0 Å². The molecule has 178 valence electrons. The van der Waals surface area contributed by atoms with Crippen LogP contribution < -0.4 is 5.48 Å². The number of nitrogens with one attached hydrogen (secondary N) is 1. The van der Waals surface area contributed by atoms with E-state index >= 15 is 0 Å². The van der Waals surface area contributed by atoms with E-state index in [2.05, 4.69) is 0 Å². The van der Waals surface area contributed by atoms with Crippen molar-refractivity contribution >= 4 is 56.8 Å². The number of carbonyl (C=O) groups excluding carboxylic acids is 1. The van der Waals surface area contributed by atoms with Crippen LogP contribution in [-0.4, -0.2) is 71.9 Å². The van der Waals surface area contributed by atoms with Crippen molar-refractivity contribution < 1.29 is 28.3 Å². The van der Waals surface area contributed by atoms with Crippen molar-refractivity contribution in [1.82, 2.24) is 14.7 Å². The van der Waals surface area contributed by atoms with Gasteiger partial charge in [0.05, 0.1) is 11.2 Å². The third-order valence-corrected chi connectivity index (χ3v) is 9.25. The molecule has 0 unspecified atom stereocenters. The van der Waals surface area contributed by atoms with E-state index in [-0.39, 0.29) is 44.9 Å². The molecule has 32 heavy (non-hydrogen) atoms. The summed E-state index contributed by atoms with van der Waals surface area (Å²) < 4.78 is 27.7. The molecule has 0 radical (unpaired) electrons. The topological polar surface area (TPSA) is 127 Å². The summed E-state index contributed by atoms with van der Waals surface area (Å²) in [6.45, 7) is 0.461. The van der Waals surface area contributed by atoms with Crippen molar-refractivity contribution in [3.05, 3.63) is 32.8 Å². The first kappa shape index (κ1) is 25.3. The highest BCUT2D eigenvalue weighted by atomic mass is 35.5. The Labute approximate surface area is 201 Å². The van der Waals surface area contributed by atoms with Gasteiger partial charge >= 0.3 is 6.09 Å². The molecule has 3 rings (SSSR count). The van der Waals surface area contributed by atoms with Gasteiger partial charge in [-0.3, -0.25) is 10.0 Å². The lowest BCUT2D eigenvalue weighted by atomic mass is 9.79. The number of sulfonamides is 1. The Morgan fingerprint density at radius 1 is 1.06 bits per heavy atom. The molecule has 0 aromatic heterocycles. The minimum atomic E-state index is -3.86. The number of hydrogen-bond acceptors (Lipinski definition) is 5. The molecule has 2 aliphatic rings. The fourth-order valence-corrected chi connectivity index (χ4v) is 7.68. The maximum Gasteiger partial charge on any atom is 0.407 e. The van der Waals surface area contributed by atoms with Gasteiger partial charge in [0, 0.05) is 41.2 Å². The lowest BCUT2D eigenvalue weighted by Crippen LogP contribution is -2.54. The number of piperidine rings is 2. The predicted octanol–water partition coefficient (Wildman–Crippen LogP) is 3.42. The Morgan fingerprint density at radius 2 is 1.59 bits per heavy atom. The van der Waals surface area contributed by atoms with Crippen molar-refractivity contribution in [2.24, 2.45) is 5.41 Å². The molecule has 1 aromatic carbocycles. The number of rotatable bonds is 5. The van der Waals surface area contributed by atoms with E-state index in [1.807, 2.05) is 0 Å². The fourth-order valence-electron chi connectivity index (χ4n) is 4.49. The Morgan fingerprint density at radius 3 is 2.06 bits per heavy atom. The van der Waals surface area contributed by atoms with Crippen LogP contribution >= 0.6 is 34.8 Å². The zero-order chi connectivity index (χ0) is 23.7. The SMILES string of the molecule is O=C(O)N1CCC(CS(=O)(=O)N2CCC(c3c(Cl)cc(Cl)cc3Cl)CC2)(C(=O)NO)CC1. The van der Waals surface area contributed by atoms with Crippen molar-refractivity contribution in [3.8, 4) is 0 Å². The first-order valence-electron chi connectivity index (χ1n) is 10.0. The number of halogens is 3. The number of likely N-dealkylation sites (tertiary alicyclic amines) is 1. The van der Waals surface area contributed by atoms with E-state index < -0.39 is 33.2 Å². The van der Waals surface area contributed by atoms with Gasteiger partial charge in [-0.25, -0.2) is 23.0 Å². The van der Waals surface area contributed by atoms with E-state index in [1.165, 1.54) is 4.31 Å². The van der Waals surface area contributed by atoms with Crippen molar-refractivity contribution in [2.45, 2.75) is 31.6 Å². The zero-order valence-corrected chi connectivity index (χ0v) is 20.1. The minimum Gasteiger partial charge on any atom is -0.465 e. The summed E-state index contributed by atoms with van der Waals surface area (Å²) in [5, 5.41) is 19.6. The molecule has 2 aliphatic heterocycles. The molecular formula is C19H24Cl3N3O6S. The van der Waals surface area contributed by atoms with Crippen LogP contribution in [0.25, 0.3) is 0 Å². The zero-order valence-electron chi connectivity index (χ0n) is 17.1. The summed E-state index contributed by atoms with van der Waals surface area (Å²) in [6, 6.07) is 3.21. The molecule has 2 heterocycles. The van der Waals surface area contributed by atoms with Crippen LogP contribution in [0.5, 0.6) is 0 Å². The highest BCUT2D eigenvalue weighted by Crippen LogP contribution is 2.41. The maximum absolute atomic E-state index is 13.2. The average molecular weight is 529 g/mol. The van der Waals surface area contributed by atoms with Crippen LogP contribution in [0.1, 0.15) is 37.2 Å². The molecule has 0 aliphatic carbocycles. The second-order valence-electron chi connectivity index (χ2n) is 8.20. The number of carboxylic acid groups (broad SMARTS) is 1. The second-order valence-corrected chi connectivity index (χ2v) is 11.4. The Kier molecular flexibility index (Phi) is 7.84. The maximum atomic E-state index is 13.2. The predicted molar refractivity (Wildman–Crippen MR) is 120 cm³/mol. The lowest BCUT2D eigenvalue weighted by molar-refractivity contribution is -0.141. The highest BCUT2D eigenvalue weighted by Gasteiger charge is 2.47. The molecule has 1 aromatic rings. The molecule has 2 amide bonds.